The third kappa shape index (κ3) is 2.85. The second-order valence-corrected chi connectivity index (χ2v) is 4.81. The van der Waals surface area contributed by atoms with Gasteiger partial charge in [-0.25, -0.2) is 9.78 Å². The summed E-state index contributed by atoms with van der Waals surface area (Å²) in [6.45, 7) is 3.60. The average molecular weight is 270 g/mol. The Morgan fingerprint density at radius 3 is 2.83 bits per heavy atom. The molecule has 0 spiro atoms. The maximum absolute atomic E-state index is 10.6. The summed E-state index contributed by atoms with van der Waals surface area (Å²) in [6, 6.07) is 2.00. The Morgan fingerprint density at radius 1 is 1.56 bits per heavy atom. The van der Waals surface area contributed by atoms with Gasteiger partial charge in [0.1, 0.15) is 5.15 Å². The van der Waals surface area contributed by atoms with Gasteiger partial charge in [0.05, 0.1) is 0 Å². The van der Waals surface area contributed by atoms with Crippen LogP contribution in [0.3, 0.4) is 0 Å². The number of carbonyl (C=O) groups is 1. The Morgan fingerprint density at radius 2 is 2.22 bits per heavy atom. The van der Waals surface area contributed by atoms with Crippen molar-refractivity contribution in [2.75, 3.05) is 18.0 Å². The van der Waals surface area contributed by atoms with E-state index in [2.05, 4.69) is 15.2 Å². The van der Waals surface area contributed by atoms with Crippen molar-refractivity contribution in [2.24, 2.45) is 0 Å². The summed E-state index contributed by atoms with van der Waals surface area (Å²) < 4.78 is 0. The lowest BCUT2D eigenvalue weighted by atomic mass is 10.0. The highest BCUT2D eigenvalue weighted by Crippen LogP contribution is 2.27. The van der Waals surface area contributed by atoms with Crippen LogP contribution < -0.4 is 10.2 Å². The normalized spacial score (nSPS) is 16.7. The van der Waals surface area contributed by atoms with Crippen LogP contribution in [0.1, 0.15) is 18.4 Å². The molecule has 1 amide bonds. The molecule has 0 saturated carbocycles. The second kappa shape index (κ2) is 5.44. The van der Waals surface area contributed by atoms with E-state index in [1.54, 1.807) is 6.20 Å². The molecule has 0 atom stereocenters. The molecule has 1 fully saturated rings. The molecule has 2 rings (SSSR count). The van der Waals surface area contributed by atoms with Gasteiger partial charge in [-0.2, -0.15) is 0 Å². The molecule has 0 aromatic carbocycles. The number of hydrogen-bond acceptors (Lipinski definition) is 3. The number of rotatable bonds is 2. The third-order valence-corrected chi connectivity index (χ3v) is 3.66. The highest BCUT2D eigenvalue weighted by Gasteiger charge is 2.21. The maximum atomic E-state index is 10.6. The minimum Gasteiger partial charge on any atom is -0.465 e. The largest absolute Gasteiger partial charge is 0.465 e. The Balaban J connectivity index is 2.01. The van der Waals surface area contributed by atoms with Crippen molar-refractivity contribution in [2.45, 2.75) is 25.8 Å². The molecule has 2 heterocycles. The molecule has 0 unspecified atom stereocenters. The first-order chi connectivity index (χ1) is 8.58. The zero-order chi connectivity index (χ0) is 13.1. The van der Waals surface area contributed by atoms with E-state index >= 15 is 0 Å². The summed E-state index contributed by atoms with van der Waals surface area (Å²) >= 11 is 6.00. The van der Waals surface area contributed by atoms with Crippen molar-refractivity contribution < 1.29 is 9.90 Å². The summed E-state index contributed by atoms with van der Waals surface area (Å²) in [7, 11) is 0. The molecule has 98 valence electrons. The van der Waals surface area contributed by atoms with Crippen LogP contribution in [-0.4, -0.2) is 35.3 Å². The van der Waals surface area contributed by atoms with Crippen molar-refractivity contribution in [1.82, 2.24) is 10.3 Å². The molecule has 2 N–H and O–H groups in total. The van der Waals surface area contributed by atoms with Crippen LogP contribution in [-0.2, 0) is 0 Å². The summed E-state index contributed by atoms with van der Waals surface area (Å²) in [5.41, 5.74) is 2.06. The quantitative estimate of drug-likeness (QED) is 0.809. The standard InChI is InChI=1S/C12H16ClN3O2/c1-8-10(2-5-14-11(8)13)16-6-3-9(4-7-16)15-12(17)18/h2,5,9,15H,3-4,6-7H2,1H3,(H,17,18). The van der Waals surface area contributed by atoms with Gasteiger partial charge >= 0.3 is 6.09 Å². The molecule has 5 nitrogen and oxygen atoms in total. The summed E-state index contributed by atoms with van der Waals surface area (Å²) in [5.74, 6) is 0. The zero-order valence-corrected chi connectivity index (χ0v) is 10.9. The lowest BCUT2D eigenvalue weighted by Crippen LogP contribution is -2.44. The predicted octanol–water partition coefficient (Wildman–Crippen LogP) is 2.28. The number of anilines is 1. The van der Waals surface area contributed by atoms with E-state index in [-0.39, 0.29) is 6.04 Å². The van der Waals surface area contributed by atoms with E-state index in [1.807, 2.05) is 13.0 Å². The second-order valence-electron chi connectivity index (χ2n) is 4.46. The van der Waals surface area contributed by atoms with Crippen LogP contribution in [0, 0.1) is 6.92 Å². The summed E-state index contributed by atoms with van der Waals surface area (Å²) in [4.78, 5) is 16.8. The van der Waals surface area contributed by atoms with E-state index in [0.717, 1.165) is 37.2 Å². The number of piperidine rings is 1. The molecule has 18 heavy (non-hydrogen) atoms. The van der Waals surface area contributed by atoms with E-state index in [4.69, 9.17) is 16.7 Å². The average Bonchev–Trinajstić information content (AvgIpc) is 2.33. The number of carboxylic acid groups (broad SMARTS) is 1. The van der Waals surface area contributed by atoms with Gasteiger partial charge in [0.15, 0.2) is 0 Å². The van der Waals surface area contributed by atoms with Gasteiger partial charge in [0, 0.05) is 36.6 Å². The third-order valence-electron chi connectivity index (χ3n) is 3.28. The molecule has 0 radical (unpaired) electrons. The van der Waals surface area contributed by atoms with Gasteiger partial charge in [-0.3, -0.25) is 0 Å². The van der Waals surface area contributed by atoms with Crippen LogP contribution in [0.25, 0.3) is 0 Å². The minimum absolute atomic E-state index is 0.0522. The molecular weight excluding hydrogens is 254 g/mol. The van der Waals surface area contributed by atoms with Gasteiger partial charge < -0.3 is 15.3 Å². The molecule has 6 heteroatoms. The number of halogens is 1. The maximum Gasteiger partial charge on any atom is 0.404 e. The fraction of sp³-hybridized carbons (Fsp3) is 0.500. The van der Waals surface area contributed by atoms with Crippen LogP contribution in [0.4, 0.5) is 10.5 Å². The van der Waals surface area contributed by atoms with Gasteiger partial charge in [-0.15, -0.1) is 0 Å². The van der Waals surface area contributed by atoms with Crippen molar-refractivity contribution in [3.63, 3.8) is 0 Å². The van der Waals surface area contributed by atoms with Crippen LogP contribution in [0.2, 0.25) is 5.15 Å². The monoisotopic (exact) mass is 269 g/mol. The minimum atomic E-state index is -0.948. The van der Waals surface area contributed by atoms with Gasteiger partial charge in [0.25, 0.3) is 0 Å². The lowest BCUT2D eigenvalue weighted by molar-refractivity contribution is 0.187. The fourth-order valence-electron chi connectivity index (χ4n) is 2.28. The van der Waals surface area contributed by atoms with Crippen molar-refractivity contribution >= 4 is 23.4 Å². The number of pyridine rings is 1. The topological polar surface area (TPSA) is 65.5 Å². The predicted molar refractivity (Wildman–Crippen MR) is 70.4 cm³/mol. The molecule has 0 aliphatic carbocycles. The summed E-state index contributed by atoms with van der Waals surface area (Å²) in [6.07, 6.45) is 2.38. The number of hydrogen-bond donors (Lipinski definition) is 2. The molecule has 1 aliphatic heterocycles. The van der Waals surface area contributed by atoms with E-state index in [1.165, 1.54) is 0 Å². The van der Waals surface area contributed by atoms with Crippen molar-refractivity contribution in [1.29, 1.82) is 0 Å². The Bertz CT molecular complexity index is 445. The van der Waals surface area contributed by atoms with E-state index in [0.29, 0.717) is 5.15 Å². The number of nitrogens with zero attached hydrogens (tertiary/aromatic N) is 2. The van der Waals surface area contributed by atoms with Gasteiger partial charge in [-0.05, 0) is 25.8 Å². The molecule has 1 aromatic rings. The molecule has 1 aliphatic rings. The van der Waals surface area contributed by atoms with E-state index in [9.17, 15) is 4.79 Å². The fourth-order valence-corrected chi connectivity index (χ4v) is 2.44. The first kappa shape index (κ1) is 13.0. The van der Waals surface area contributed by atoms with Crippen LogP contribution in [0.15, 0.2) is 12.3 Å². The first-order valence-electron chi connectivity index (χ1n) is 5.93. The van der Waals surface area contributed by atoms with Crippen molar-refractivity contribution in [3.8, 4) is 0 Å². The number of aromatic nitrogens is 1. The van der Waals surface area contributed by atoms with Crippen LogP contribution >= 0.6 is 11.6 Å². The lowest BCUT2D eigenvalue weighted by Gasteiger charge is -2.34. The molecule has 0 bridgehead atoms. The highest BCUT2D eigenvalue weighted by atomic mass is 35.5. The Kier molecular flexibility index (Phi) is 3.91. The number of amides is 1. The smallest absolute Gasteiger partial charge is 0.404 e. The Labute approximate surface area is 111 Å². The zero-order valence-electron chi connectivity index (χ0n) is 10.2. The molecule has 1 aromatic heterocycles. The highest BCUT2D eigenvalue weighted by molar-refractivity contribution is 6.30. The SMILES string of the molecule is Cc1c(N2CCC(NC(=O)O)CC2)ccnc1Cl. The summed E-state index contributed by atoms with van der Waals surface area (Å²) in [5, 5.41) is 11.7. The van der Waals surface area contributed by atoms with Crippen LogP contribution in [0.5, 0.6) is 0 Å². The first-order valence-corrected chi connectivity index (χ1v) is 6.31. The number of nitrogens with one attached hydrogen (secondary N) is 1. The molecular formula is C12H16ClN3O2. The van der Waals surface area contributed by atoms with Gasteiger partial charge in [-0.1, -0.05) is 11.6 Å². The van der Waals surface area contributed by atoms with E-state index < -0.39 is 6.09 Å². The van der Waals surface area contributed by atoms with Crippen molar-refractivity contribution in [3.05, 3.63) is 23.0 Å². The Hall–Kier alpha value is -1.49. The molecule has 1 saturated heterocycles. The van der Waals surface area contributed by atoms with Gasteiger partial charge in [0.2, 0.25) is 0 Å².